The van der Waals surface area contributed by atoms with E-state index in [0.717, 1.165) is 32.6 Å². The highest BCUT2D eigenvalue weighted by molar-refractivity contribution is 7.88. The third kappa shape index (κ3) is 5.07. The molecule has 1 N–H and O–H groups in total. The van der Waals surface area contributed by atoms with Crippen LogP contribution >= 0.6 is 0 Å². The van der Waals surface area contributed by atoms with E-state index < -0.39 is 15.6 Å². The number of hydrogen-bond acceptors (Lipinski definition) is 5. The summed E-state index contributed by atoms with van der Waals surface area (Å²) in [6, 6.07) is 2.31. The molecule has 0 amide bonds. The fourth-order valence-corrected chi connectivity index (χ4v) is 3.07. The molecule has 0 radical (unpaired) electrons. The van der Waals surface area contributed by atoms with Crippen molar-refractivity contribution >= 4 is 10.0 Å². The van der Waals surface area contributed by atoms with Crippen LogP contribution in [0.4, 0.5) is 0 Å². The minimum Gasteiger partial charge on any atom is -0.301 e. The molecule has 1 aliphatic heterocycles. The average Bonchev–Trinajstić information content (AvgIpc) is 2.36. The van der Waals surface area contributed by atoms with Crippen molar-refractivity contribution in [2.45, 2.75) is 25.8 Å². The summed E-state index contributed by atoms with van der Waals surface area (Å²) in [6.45, 7) is 8.04. The summed E-state index contributed by atoms with van der Waals surface area (Å²) in [5, 5.41) is 12.4. The van der Waals surface area contributed by atoms with Crippen LogP contribution in [0.3, 0.4) is 0 Å². The number of nitriles is 1. The molecule has 0 aromatic carbocycles. The van der Waals surface area contributed by atoms with Gasteiger partial charge in [-0.1, -0.05) is 6.92 Å². The van der Waals surface area contributed by atoms with Gasteiger partial charge in [0.15, 0.2) is 0 Å². The van der Waals surface area contributed by atoms with Crippen molar-refractivity contribution in [2.24, 2.45) is 0 Å². The zero-order valence-electron chi connectivity index (χ0n) is 12.0. The van der Waals surface area contributed by atoms with Crippen molar-refractivity contribution in [3.63, 3.8) is 0 Å². The summed E-state index contributed by atoms with van der Waals surface area (Å²) in [5.74, 6) is 0. The lowest BCUT2D eigenvalue weighted by atomic mass is 9.99. The van der Waals surface area contributed by atoms with Crippen LogP contribution in [0, 0.1) is 11.3 Å². The van der Waals surface area contributed by atoms with Crippen LogP contribution in [-0.4, -0.2) is 68.7 Å². The smallest absolute Gasteiger partial charge is 0.211 e. The highest BCUT2D eigenvalue weighted by atomic mass is 32.2. The van der Waals surface area contributed by atoms with Crippen molar-refractivity contribution in [1.82, 2.24) is 14.5 Å². The first-order valence-corrected chi connectivity index (χ1v) is 8.49. The zero-order valence-corrected chi connectivity index (χ0v) is 12.8. The maximum Gasteiger partial charge on any atom is 0.211 e. The summed E-state index contributed by atoms with van der Waals surface area (Å²) >= 11 is 0. The normalized spacial score (nSPS) is 21.8. The van der Waals surface area contributed by atoms with Crippen LogP contribution in [0.2, 0.25) is 0 Å². The van der Waals surface area contributed by atoms with Gasteiger partial charge >= 0.3 is 0 Å². The highest BCUT2D eigenvalue weighted by Crippen LogP contribution is 2.12. The van der Waals surface area contributed by atoms with Gasteiger partial charge in [-0.25, -0.2) is 8.42 Å². The molecule has 1 atom stereocenters. The lowest BCUT2D eigenvalue weighted by Crippen LogP contribution is -2.50. The maximum absolute atomic E-state index is 11.4. The van der Waals surface area contributed by atoms with Crippen molar-refractivity contribution in [1.29, 1.82) is 5.26 Å². The Bertz CT molecular complexity index is 424. The molecule has 1 rings (SSSR count). The number of sulfonamides is 1. The van der Waals surface area contributed by atoms with Crippen LogP contribution in [0.25, 0.3) is 0 Å². The topological polar surface area (TPSA) is 76.4 Å². The first kappa shape index (κ1) is 16.4. The van der Waals surface area contributed by atoms with Gasteiger partial charge in [0.1, 0.15) is 5.54 Å². The molecule has 0 bridgehead atoms. The van der Waals surface area contributed by atoms with Gasteiger partial charge in [0.05, 0.1) is 12.3 Å². The van der Waals surface area contributed by atoms with Crippen LogP contribution in [0.5, 0.6) is 0 Å². The molecular weight excluding hydrogens is 264 g/mol. The standard InChI is InChI=1S/C12H24N4O2S/c1-4-14-12(2,11-13)5-6-15-7-9-16(10-8-15)19(3,17)18/h14H,4-10H2,1-3H3. The van der Waals surface area contributed by atoms with Gasteiger partial charge in [0.25, 0.3) is 0 Å². The molecule has 1 unspecified atom stereocenters. The highest BCUT2D eigenvalue weighted by Gasteiger charge is 2.26. The van der Waals surface area contributed by atoms with E-state index in [0.29, 0.717) is 13.1 Å². The Morgan fingerprint density at radius 3 is 2.32 bits per heavy atom. The molecule has 0 aromatic heterocycles. The summed E-state index contributed by atoms with van der Waals surface area (Å²) in [5.41, 5.74) is -0.497. The fourth-order valence-electron chi connectivity index (χ4n) is 2.24. The number of nitrogens with zero attached hydrogens (tertiary/aromatic N) is 3. The molecule has 0 aromatic rings. The van der Waals surface area contributed by atoms with Crippen molar-refractivity contribution < 1.29 is 8.42 Å². The molecule has 6 nitrogen and oxygen atoms in total. The Kier molecular flexibility index (Phi) is 5.74. The molecule has 19 heavy (non-hydrogen) atoms. The minimum atomic E-state index is -3.06. The average molecular weight is 288 g/mol. The van der Waals surface area contributed by atoms with Crippen LogP contribution in [0.15, 0.2) is 0 Å². The van der Waals surface area contributed by atoms with E-state index >= 15 is 0 Å². The van der Waals surface area contributed by atoms with Gasteiger partial charge in [0, 0.05) is 32.7 Å². The molecule has 0 aliphatic carbocycles. The number of piperazine rings is 1. The quantitative estimate of drug-likeness (QED) is 0.735. The van der Waals surface area contributed by atoms with Crippen LogP contribution in [-0.2, 0) is 10.0 Å². The Hall–Kier alpha value is -0.680. The number of hydrogen-bond donors (Lipinski definition) is 1. The van der Waals surface area contributed by atoms with Crippen LogP contribution < -0.4 is 5.32 Å². The van der Waals surface area contributed by atoms with Crippen molar-refractivity contribution in [2.75, 3.05) is 45.5 Å². The first-order valence-electron chi connectivity index (χ1n) is 6.64. The van der Waals surface area contributed by atoms with E-state index in [4.69, 9.17) is 0 Å². The predicted molar refractivity (Wildman–Crippen MR) is 75.2 cm³/mol. The van der Waals surface area contributed by atoms with Gasteiger partial charge in [-0.05, 0) is 19.9 Å². The van der Waals surface area contributed by atoms with Gasteiger partial charge in [-0.15, -0.1) is 0 Å². The molecule has 7 heteroatoms. The second-order valence-electron chi connectivity index (χ2n) is 5.23. The van der Waals surface area contributed by atoms with Gasteiger partial charge < -0.3 is 4.90 Å². The van der Waals surface area contributed by atoms with E-state index in [-0.39, 0.29) is 0 Å². The van der Waals surface area contributed by atoms with E-state index in [1.54, 1.807) is 0 Å². The molecule has 0 spiro atoms. The van der Waals surface area contributed by atoms with Gasteiger partial charge in [-0.3, -0.25) is 5.32 Å². The van der Waals surface area contributed by atoms with Gasteiger partial charge in [-0.2, -0.15) is 9.57 Å². The van der Waals surface area contributed by atoms with Crippen LogP contribution in [0.1, 0.15) is 20.3 Å². The second kappa shape index (κ2) is 6.66. The summed E-state index contributed by atoms with van der Waals surface area (Å²) in [4.78, 5) is 2.22. The van der Waals surface area contributed by atoms with E-state index in [1.807, 2.05) is 13.8 Å². The van der Waals surface area contributed by atoms with E-state index in [2.05, 4.69) is 16.3 Å². The Morgan fingerprint density at radius 2 is 1.89 bits per heavy atom. The molecule has 110 valence electrons. The number of nitrogens with one attached hydrogen (secondary N) is 1. The van der Waals surface area contributed by atoms with Gasteiger partial charge in [0.2, 0.25) is 10.0 Å². The summed E-state index contributed by atoms with van der Waals surface area (Å²) < 4.78 is 24.3. The monoisotopic (exact) mass is 288 g/mol. The minimum absolute atomic E-state index is 0.497. The molecule has 1 fully saturated rings. The Labute approximate surface area is 116 Å². The SMILES string of the molecule is CCNC(C)(C#N)CCN1CCN(S(C)(=O)=O)CC1. The summed E-state index contributed by atoms with van der Waals surface area (Å²) in [6.07, 6.45) is 2.00. The second-order valence-corrected chi connectivity index (χ2v) is 7.21. The largest absolute Gasteiger partial charge is 0.301 e. The van der Waals surface area contributed by atoms with E-state index in [1.165, 1.54) is 10.6 Å². The fraction of sp³-hybridized carbons (Fsp3) is 0.917. The third-order valence-corrected chi connectivity index (χ3v) is 4.85. The Morgan fingerprint density at radius 1 is 1.32 bits per heavy atom. The molecule has 1 heterocycles. The molecule has 0 saturated carbocycles. The summed E-state index contributed by atoms with van der Waals surface area (Å²) in [7, 11) is -3.06. The van der Waals surface area contributed by atoms with Crippen molar-refractivity contribution in [3.8, 4) is 6.07 Å². The number of rotatable bonds is 6. The lowest BCUT2D eigenvalue weighted by Gasteiger charge is -2.34. The Balaban J connectivity index is 2.40. The maximum atomic E-state index is 11.4. The van der Waals surface area contributed by atoms with E-state index in [9.17, 15) is 13.7 Å². The molecule has 1 aliphatic rings. The van der Waals surface area contributed by atoms with Crippen molar-refractivity contribution in [3.05, 3.63) is 0 Å². The first-order chi connectivity index (χ1) is 8.80. The third-order valence-electron chi connectivity index (χ3n) is 3.54. The molecule has 1 saturated heterocycles. The molecular formula is C12H24N4O2S. The lowest BCUT2D eigenvalue weighted by molar-refractivity contribution is 0.176. The zero-order chi connectivity index (χ0) is 14.5. The predicted octanol–water partition coefficient (Wildman–Crippen LogP) is -0.155.